The van der Waals surface area contributed by atoms with Gasteiger partial charge < -0.3 is 14.8 Å². The van der Waals surface area contributed by atoms with Gasteiger partial charge in [0.25, 0.3) is 10.0 Å². The molecule has 0 aliphatic rings. The van der Waals surface area contributed by atoms with Crippen LogP contribution in [0, 0.1) is 0 Å². The highest BCUT2D eigenvalue weighted by atomic mass is 35.5. The highest BCUT2D eigenvalue weighted by Gasteiger charge is 2.27. The van der Waals surface area contributed by atoms with Crippen molar-refractivity contribution in [2.45, 2.75) is 11.8 Å². The fourth-order valence-electron chi connectivity index (χ4n) is 2.95. The quantitative estimate of drug-likeness (QED) is 0.490. The number of hydrogen-bond acceptors (Lipinski definition) is 5. The molecule has 32 heavy (non-hydrogen) atoms. The number of ether oxygens (including phenoxy) is 2. The number of hydrogen-bond donors (Lipinski definition) is 1. The van der Waals surface area contributed by atoms with E-state index in [1.807, 2.05) is 6.92 Å². The largest absolute Gasteiger partial charge is 0.497 e. The Bertz CT molecular complexity index is 1170. The van der Waals surface area contributed by atoms with Crippen molar-refractivity contribution in [1.29, 1.82) is 0 Å². The van der Waals surface area contributed by atoms with E-state index in [1.54, 1.807) is 54.6 Å². The van der Waals surface area contributed by atoms with Crippen molar-refractivity contribution in [3.8, 4) is 11.5 Å². The van der Waals surface area contributed by atoms with Crippen LogP contribution in [0.25, 0.3) is 0 Å². The highest BCUT2D eigenvalue weighted by Crippen LogP contribution is 2.27. The average Bonchev–Trinajstić information content (AvgIpc) is 2.79. The third-order valence-corrected chi connectivity index (χ3v) is 6.50. The van der Waals surface area contributed by atoms with Crippen LogP contribution in [0.1, 0.15) is 6.92 Å². The summed E-state index contributed by atoms with van der Waals surface area (Å²) in [6.07, 6.45) is 0. The molecule has 7 nitrogen and oxygen atoms in total. The summed E-state index contributed by atoms with van der Waals surface area (Å²) in [5, 5.41) is 3.07. The maximum absolute atomic E-state index is 13.4. The van der Waals surface area contributed by atoms with Gasteiger partial charge in [0.2, 0.25) is 5.91 Å². The molecule has 0 atom stereocenters. The Hall–Kier alpha value is -3.23. The summed E-state index contributed by atoms with van der Waals surface area (Å²) in [6, 6.07) is 19.1. The Morgan fingerprint density at radius 3 is 2.25 bits per heavy atom. The molecule has 0 heterocycles. The van der Waals surface area contributed by atoms with Gasteiger partial charge in [-0.3, -0.25) is 9.10 Å². The normalized spacial score (nSPS) is 11.0. The molecule has 9 heteroatoms. The number of carbonyl (C=O) groups is 1. The Labute approximate surface area is 192 Å². The summed E-state index contributed by atoms with van der Waals surface area (Å²) in [6.45, 7) is 1.97. The number of nitrogens with zero attached hydrogens (tertiary/aromatic N) is 1. The molecule has 1 N–H and O–H groups in total. The molecule has 0 spiro atoms. The van der Waals surface area contributed by atoms with E-state index in [4.69, 9.17) is 21.1 Å². The maximum atomic E-state index is 13.4. The van der Waals surface area contributed by atoms with E-state index in [0.29, 0.717) is 28.8 Å². The van der Waals surface area contributed by atoms with Gasteiger partial charge in [-0.1, -0.05) is 17.7 Å². The fraction of sp³-hybridized carbons (Fsp3) is 0.174. The standard InChI is InChI=1S/C23H23ClN2O5S/c1-3-31-21-9-7-18(8-10-21)25-23(27)16-26(19-6-4-5-17(24)15-19)32(28,29)22-13-11-20(30-2)12-14-22/h4-15H,3,16H2,1-2H3,(H,25,27). The molecule has 0 aliphatic heterocycles. The van der Waals surface area contributed by atoms with Crippen molar-refractivity contribution in [3.05, 3.63) is 77.8 Å². The van der Waals surface area contributed by atoms with Crippen molar-refractivity contribution in [2.24, 2.45) is 0 Å². The Morgan fingerprint density at radius 1 is 1.00 bits per heavy atom. The monoisotopic (exact) mass is 474 g/mol. The van der Waals surface area contributed by atoms with E-state index in [9.17, 15) is 13.2 Å². The molecule has 3 rings (SSSR count). The van der Waals surface area contributed by atoms with Gasteiger partial charge >= 0.3 is 0 Å². The van der Waals surface area contributed by atoms with Crippen molar-refractivity contribution < 1.29 is 22.7 Å². The van der Waals surface area contributed by atoms with E-state index >= 15 is 0 Å². The summed E-state index contributed by atoms with van der Waals surface area (Å²) in [7, 11) is -2.57. The van der Waals surface area contributed by atoms with Gasteiger partial charge in [-0.05, 0) is 73.7 Å². The van der Waals surface area contributed by atoms with Crippen molar-refractivity contribution >= 4 is 38.9 Å². The van der Waals surface area contributed by atoms with Gasteiger partial charge in [0.1, 0.15) is 18.0 Å². The summed E-state index contributed by atoms with van der Waals surface area (Å²) < 4.78 is 38.3. The lowest BCUT2D eigenvalue weighted by Gasteiger charge is -2.24. The van der Waals surface area contributed by atoms with Crippen LogP contribution in [0.3, 0.4) is 0 Å². The van der Waals surface area contributed by atoms with Crippen molar-refractivity contribution in [1.82, 2.24) is 0 Å². The first kappa shape index (κ1) is 23.4. The number of sulfonamides is 1. The van der Waals surface area contributed by atoms with Gasteiger partial charge in [0.15, 0.2) is 0 Å². The molecule has 3 aromatic rings. The lowest BCUT2D eigenvalue weighted by atomic mass is 10.3. The second-order valence-corrected chi connectivity index (χ2v) is 8.97. The van der Waals surface area contributed by atoms with Crippen LogP contribution in [0.5, 0.6) is 11.5 Å². The molecule has 0 radical (unpaired) electrons. The number of halogens is 1. The van der Waals surface area contributed by atoms with Gasteiger partial charge in [-0.15, -0.1) is 0 Å². The molecule has 0 aromatic heterocycles. The summed E-state index contributed by atoms with van der Waals surface area (Å²) >= 11 is 6.08. The summed E-state index contributed by atoms with van der Waals surface area (Å²) in [5.41, 5.74) is 0.793. The van der Waals surface area contributed by atoms with Crippen LogP contribution in [0.2, 0.25) is 5.02 Å². The fourth-order valence-corrected chi connectivity index (χ4v) is 4.55. The molecular formula is C23H23ClN2O5S. The van der Waals surface area contributed by atoms with Gasteiger partial charge in [0, 0.05) is 10.7 Å². The third kappa shape index (κ3) is 5.72. The van der Waals surface area contributed by atoms with E-state index < -0.39 is 22.5 Å². The minimum Gasteiger partial charge on any atom is -0.497 e. The average molecular weight is 475 g/mol. The zero-order valence-corrected chi connectivity index (χ0v) is 19.2. The molecule has 0 fully saturated rings. The Kier molecular flexibility index (Phi) is 7.61. The van der Waals surface area contributed by atoms with Crippen LogP contribution in [0.4, 0.5) is 11.4 Å². The topological polar surface area (TPSA) is 84.9 Å². The summed E-state index contributed by atoms with van der Waals surface area (Å²) in [5.74, 6) is 0.686. The molecule has 0 aliphatic carbocycles. The first-order chi connectivity index (χ1) is 15.3. The third-order valence-electron chi connectivity index (χ3n) is 4.48. The van der Waals surface area contributed by atoms with Crippen molar-refractivity contribution in [3.63, 3.8) is 0 Å². The lowest BCUT2D eigenvalue weighted by molar-refractivity contribution is -0.114. The number of rotatable bonds is 9. The second kappa shape index (κ2) is 10.4. The van der Waals surface area contributed by atoms with Crippen molar-refractivity contribution in [2.75, 3.05) is 29.9 Å². The number of methoxy groups -OCH3 is 1. The first-order valence-electron chi connectivity index (χ1n) is 9.78. The number of benzene rings is 3. The van der Waals surface area contributed by atoms with E-state index in [1.165, 1.54) is 25.3 Å². The van der Waals surface area contributed by atoms with Crippen LogP contribution in [0.15, 0.2) is 77.7 Å². The van der Waals surface area contributed by atoms with Gasteiger partial charge in [-0.2, -0.15) is 0 Å². The van der Waals surface area contributed by atoms with Crippen LogP contribution < -0.4 is 19.1 Å². The van der Waals surface area contributed by atoms with Crippen LogP contribution in [-0.4, -0.2) is 34.6 Å². The zero-order chi connectivity index (χ0) is 23.1. The summed E-state index contributed by atoms with van der Waals surface area (Å²) in [4.78, 5) is 12.8. The first-order valence-corrected chi connectivity index (χ1v) is 11.6. The predicted molar refractivity (Wildman–Crippen MR) is 125 cm³/mol. The van der Waals surface area contributed by atoms with E-state index in [-0.39, 0.29) is 10.6 Å². The molecule has 3 aromatic carbocycles. The SMILES string of the molecule is CCOc1ccc(NC(=O)CN(c2cccc(Cl)c2)S(=O)(=O)c2ccc(OC)cc2)cc1. The molecule has 0 saturated heterocycles. The minimum atomic E-state index is -4.06. The molecule has 0 bridgehead atoms. The lowest BCUT2D eigenvalue weighted by Crippen LogP contribution is -2.38. The molecular weight excluding hydrogens is 452 g/mol. The van der Waals surface area contributed by atoms with Gasteiger partial charge in [-0.25, -0.2) is 8.42 Å². The van der Waals surface area contributed by atoms with E-state index in [2.05, 4.69) is 5.32 Å². The number of amides is 1. The highest BCUT2D eigenvalue weighted by molar-refractivity contribution is 7.92. The predicted octanol–water partition coefficient (Wildman–Crippen LogP) is 4.58. The molecule has 0 unspecified atom stereocenters. The zero-order valence-electron chi connectivity index (χ0n) is 17.6. The second-order valence-electron chi connectivity index (χ2n) is 6.67. The molecule has 0 saturated carbocycles. The number of nitrogens with one attached hydrogen (secondary N) is 1. The number of anilines is 2. The Balaban J connectivity index is 1.88. The number of carbonyl (C=O) groups excluding carboxylic acids is 1. The van der Waals surface area contributed by atoms with Crippen LogP contribution in [-0.2, 0) is 14.8 Å². The Morgan fingerprint density at radius 2 is 1.66 bits per heavy atom. The van der Waals surface area contributed by atoms with Gasteiger partial charge in [0.05, 0.1) is 24.3 Å². The molecule has 1 amide bonds. The minimum absolute atomic E-state index is 0.0205. The smallest absolute Gasteiger partial charge is 0.264 e. The maximum Gasteiger partial charge on any atom is 0.264 e. The van der Waals surface area contributed by atoms with Crippen LogP contribution >= 0.6 is 11.6 Å². The van der Waals surface area contributed by atoms with E-state index in [0.717, 1.165) is 4.31 Å². The molecule has 168 valence electrons.